The zero-order chi connectivity index (χ0) is 17.2. The van der Waals surface area contributed by atoms with Crippen LogP contribution >= 0.6 is 45.9 Å². The number of rotatable bonds is 4. The lowest BCUT2D eigenvalue weighted by Crippen LogP contribution is -2.17. The summed E-state index contributed by atoms with van der Waals surface area (Å²) < 4.78 is 0. The molecule has 0 radical (unpaired) electrons. The molecule has 2 nitrogen and oxygen atoms in total. The molecule has 0 fully saturated rings. The smallest absolute Gasteiger partial charge is 0.0923 e. The predicted octanol–water partition coefficient (Wildman–Crippen LogP) is 7.14. The average Bonchev–Trinajstić information content (AvgIpc) is 3.36. The minimum Gasteiger partial charge on any atom is -0.257 e. The number of allylic oxidation sites excluding steroid dienone is 1. The van der Waals surface area contributed by atoms with Crippen LogP contribution in [0, 0.1) is 0 Å². The van der Waals surface area contributed by atoms with Crippen LogP contribution in [0.2, 0.25) is 10.0 Å². The minimum atomic E-state index is 0.181. The van der Waals surface area contributed by atoms with E-state index in [2.05, 4.69) is 47.2 Å². The van der Waals surface area contributed by atoms with Crippen LogP contribution in [0.4, 0.5) is 5.69 Å². The lowest BCUT2D eigenvalue weighted by atomic mass is 10.1. The third-order valence-electron chi connectivity index (χ3n) is 3.96. The molecule has 1 atom stereocenters. The Balaban J connectivity index is 1.67. The Morgan fingerprint density at radius 1 is 1.00 bits per heavy atom. The second-order valence-electron chi connectivity index (χ2n) is 5.62. The quantitative estimate of drug-likeness (QED) is 0.451. The molecule has 0 N–H and O–H groups in total. The maximum absolute atomic E-state index is 6.21. The lowest BCUT2D eigenvalue weighted by Gasteiger charge is -2.23. The number of benzene rings is 1. The van der Waals surface area contributed by atoms with Crippen molar-refractivity contribution >= 4 is 63.4 Å². The van der Waals surface area contributed by atoms with Gasteiger partial charge >= 0.3 is 0 Å². The van der Waals surface area contributed by atoms with Crippen molar-refractivity contribution in [3.63, 3.8) is 0 Å². The molecule has 25 heavy (non-hydrogen) atoms. The first-order valence-corrected chi connectivity index (χ1v) is 10.3. The highest BCUT2D eigenvalue weighted by Crippen LogP contribution is 2.39. The van der Waals surface area contributed by atoms with Crippen LogP contribution in [-0.4, -0.2) is 5.71 Å². The molecule has 0 saturated carbocycles. The van der Waals surface area contributed by atoms with E-state index in [4.69, 9.17) is 28.3 Å². The Bertz CT molecular complexity index is 915. The number of hydrazone groups is 1. The fraction of sp³-hybridized carbons (Fsp3) is 0.105. The molecule has 1 unspecified atom stereocenters. The average molecular weight is 405 g/mol. The number of anilines is 1. The molecule has 0 aliphatic carbocycles. The van der Waals surface area contributed by atoms with Gasteiger partial charge in [-0.25, -0.2) is 0 Å². The largest absolute Gasteiger partial charge is 0.257 e. The molecule has 1 aromatic carbocycles. The van der Waals surface area contributed by atoms with Gasteiger partial charge in [-0.2, -0.15) is 5.10 Å². The SMILES string of the molecule is Clc1ccc(N2N=C(/C=C/c3cccs3)CC2c2cccs2)cc1Cl. The molecule has 2 aromatic heterocycles. The van der Waals surface area contributed by atoms with Crippen LogP contribution in [0.5, 0.6) is 0 Å². The maximum Gasteiger partial charge on any atom is 0.0923 e. The van der Waals surface area contributed by atoms with E-state index >= 15 is 0 Å². The molecule has 0 amide bonds. The third kappa shape index (κ3) is 3.67. The summed E-state index contributed by atoms with van der Waals surface area (Å²) in [6.07, 6.45) is 5.08. The van der Waals surface area contributed by atoms with Gasteiger partial charge in [0.2, 0.25) is 0 Å². The van der Waals surface area contributed by atoms with Gasteiger partial charge in [0.15, 0.2) is 0 Å². The van der Waals surface area contributed by atoms with E-state index in [0.717, 1.165) is 17.8 Å². The highest BCUT2D eigenvalue weighted by atomic mass is 35.5. The molecule has 0 saturated heterocycles. The summed E-state index contributed by atoms with van der Waals surface area (Å²) in [5.41, 5.74) is 2.00. The molecular formula is C19H14Cl2N2S2. The lowest BCUT2D eigenvalue weighted by molar-refractivity contribution is 0.722. The van der Waals surface area contributed by atoms with E-state index in [1.807, 2.05) is 23.2 Å². The van der Waals surface area contributed by atoms with Gasteiger partial charge in [0.25, 0.3) is 0 Å². The summed E-state index contributed by atoms with van der Waals surface area (Å²) >= 11 is 15.7. The van der Waals surface area contributed by atoms with Gasteiger partial charge in [0.1, 0.15) is 0 Å². The summed E-state index contributed by atoms with van der Waals surface area (Å²) in [4.78, 5) is 2.51. The fourth-order valence-corrected chi connectivity index (χ4v) is 4.49. The van der Waals surface area contributed by atoms with Crippen LogP contribution in [0.15, 0.2) is 64.4 Å². The summed E-state index contributed by atoms with van der Waals surface area (Å²) in [6.45, 7) is 0. The molecular weight excluding hydrogens is 391 g/mol. The maximum atomic E-state index is 6.21. The molecule has 6 heteroatoms. The van der Waals surface area contributed by atoms with E-state index in [1.165, 1.54) is 9.75 Å². The predicted molar refractivity (Wildman–Crippen MR) is 111 cm³/mol. The van der Waals surface area contributed by atoms with Crippen molar-refractivity contribution in [2.45, 2.75) is 12.5 Å². The first-order valence-electron chi connectivity index (χ1n) is 7.77. The first-order chi connectivity index (χ1) is 12.2. The molecule has 3 aromatic rings. The fourth-order valence-electron chi connectivity index (χ4n) is 2.77. The molecule has 126 valence electrons. The van der Waals surface area contributed by atoms with Gasteiger partial charge in [-0.1, -0.05) is 35.3 Å². The third-order valence-corrected chi connectivity index (χ3v) is 6.51. The normalized spacial score (nSPS) is 17.4. The summed E-state index contributed by atoms with van der Waals surface area (Å²) in [6, 6.07) is 14.2. The first kappa shape index (κ1) is 16.9. The van der Waals surface area contributed by atoms with E-state index in [9.17, 15) is 0 Å². The Kier molecular flexibility index (Phi) is 4.95. The molecule has 1 aliphatic heterocycles. The summed E-state index contributed by atoms with van der Waals surface area (Å²) in [7, 11) is 0. The van der Waals surface area contributed by atoms with Gasteiger partial charge in [-0.3, -0.25) is 5.01 Å². The van der Waals surface area contributed by atoms with E-state index in [-0.39, 0.29) is 6.04 Å². The molecule has 4 rings (SSSR count). The van der Waals surface area contributed by atoms with Crippen molar-refractivity contribution in [1.29, 1.82) is 0 Å². The monoisotopic (exact) mass is 404 g/mol. The van der Waals surface area contributed by atoms with Gasteiger partial charge in [-0.05, 0) is 53.2 Å². The summed E-state index contributed by atoms with van der Waals surface area (Å²) in [5.74, 6) is 0. The Morgan fingerprint density at radius 2 is 1.84 bits per heavy atom. The van der Waals surface area contributed by atoms with Gasteiger partial charge in [-0.15, -0.1) is 22.7 Å². The second kappa shape index (κ2) is 7.34. The van der Waals surface area contributed by atoms with Crippen LogP contribution in [0.1, 0.15) is 22.2 Å². The zero-order valence-corrected chi connectivity index (χ0v) is 16.2. The van der Waals surface area contributed by atoms with Crippen LogP contribution < -0.4 is 5.01 Å². The highest BCUT2D eigenvalue weighted by molar-refractivity contribution is 7.11. The Hall–Kier alpha value is -1.59. The standard InChI is InChI=1S/C19H14Cl2N2S2/c20-16-8-6-14(12-17(16)21)23-18(19-4-2-10-25-19)11-13(22-23)5-7-15-3-1-9-24-15/h1-10,12,18H,11H2/b7-5+. The van der Waals surface area contributed by atoms with Gasteiger partial charge in [0, 0.05) is 16.2 Å². The zero-order valence-electron chi connectivity index (χ0n) is 13.1. The minimum absolute atomic E-state index is 0.181. The van der Waals surface area contributed by atoms with E-state index in [1.54, 1.807) is 22.7 Å². The van der Waals surface area contributed by atoms with Crippen molar-refractivity contribution in [3.8, 4) is 0 Å². The number of hydrogen-bond acceptors (Lipinski definition) is 4. The highest BCUT2D eigenvalue weighted by Gasteiger charge is 2.29. The van der Waals surface area contributed by atoms with E-state index in [0.29, 0.717) is 10.0 Å². The number of halogens is 2. The van der Waals surface area contributed by atoms with Crippen LogP contribution in [-0.2, 0) is 0 Å². The molecule has 0 bridgehead atoms. The van der Waals surface area contributed by atoms with Gasteiger partial charge in [0.05, 0.1) is 27.5 Å². The molecule has 1 aliphatic rings. The van der Waals surface area contributed by atoms with Crippen molar-refractivity contribution in [2.24, 2.45) is 5.10 Å². The van der Waals surface area contributed by atoms with Crippen molar-refractivity contribution in [2.75, 3.05) is 5.01 Å². The summed E-state index contributed by atoms with van der Waals surface area (Å²) in [5, 5.41) is 12.2. The number of nitrogens with zero attached hydrogens (tertiary/aromatic N) is 2. The number of thiophene rings is 2. The van der Waals surface area contributed by atoms with E-state index < -0.39 is 0 Å². The van der Waals surface area contributed by atoms with Gasteiger partial charge < -0.3 is 0 Å². The second-order valence-corrected chi connectivity index (χ2v) is 8.39. The Morgan fingerprint density at radius 3 is 2.56 bits per heavy atom. The Labute approximate surface area is 164 Å². The topological polar surface area (TPSA) is 15.6 Å². The number of hydrogen-bond donors (Lipinski definition) is 0. The van der Waals surface area contributed by atoms with Crippen LogP contribution in [0.3, 0.4) is 0 Å². The van der Waals surface area contributed by atoms with Crippen LogP contribution in [0.25, 0.3) is 6.08 Å². The molecule has 0 spiro atoms. The molecule has 3 heterocycles. The van der Waals surface area contributed by atoms with Crippen molar-refractivity contribution in [3.05, 3.63) is 79.1 Å². The van der Waals surface area contributed by atoms with Crippen molar-refractivity contribution < 1.29 is 0 Å². The van der Waals surface area contributed by atoms with Crippen molar-refractivity contribution in [1.82, 2.24) is 0 Å².